The topological polar surface area (TPSA) is 52.3 Å². The second-order valence-electron chi connectivity index (χ2n) is 3.10. The molecule has 0 aliphatic rings. The van der Waals surface area contributed by atoms with E-state index >= 15 is 0 Å². The molecule has 1 aromatic carbocycles. The van der Waals surface area contributed by atoms with Gasteiger partial charge in [0.2, 0.25) is 0 Å². The number of aryl methyl sites for hydroxylation is 1. The summed E-state index contributed by atoms with van der Waals surface area (Å²) in [5, 5.41) is 0.476. The summed E-state index contributed by atoms with van der Waals surface area (Å²) in [5.41, 5.74) is 6.08. The average Bonchev–Trinajstić information content (AvgIpc) is 2.11. The number of hydrogen-bond donors (Lipinski definition) is 1. The molecule has 4 heteroatoms. The van der Waals surface area contributed by atoms with Crippen molar-refractivity contribution in [3.05, 3.63) is 28.8 Å². The Bertz CT molecular complexity index is 352. The highest BCUT2D eigenvalue weighted by atomic mass is 35.5. The van der Waals surface area contributed by atoms with Crippen LogP contribution >= 0.6 is 11.6 Å². The van der Waals surface area contributed by atoms with Gasteiger partial charge in [-0.25, -0.2) is 0 Å². The van der Waals surface area contributed by atoms with Crippen molar-refractivity contribution in [2.45, 2.75) is 20.0 Å². The second kappa shape index (κ2) is 4.33. The lowest BCUT2D eigenvalue weighted by molar-refractivity contribution is -0.123. The molecule has 0 bridgehead atoms. The first-order valence-electron chi connectivity index (χ1n) is 4.23. The molecule has 1 unspecified atom stereocenters. The van der Waals surface area contributed by atoms with E-state index in [1.54, 1.807) is 19.1 Å². The summed E-state index contributed by atoms with van der Waals surface area (Å²) in [6, 6.07) is 5.35. The number of benzene rings is 1. The van der Waals surface area contributed by atoms with Crippen LogP contribution in [0.25, 0.3) is 0 Å². The van der Waals surface area contributed by atoms with Gasteiger partial charge in [0.15, 0.2) is 6.10 Å². The molecule has 3 nitrogen and oxygen atoms in total. The summed E-state index contributed by atoms with van der Waals surface area (Å²) in [4.78, 5) is 10.8. The minimum atomic E-state index is -0.672. The van der Waals surface area contributed by atoms with Crippen LogP contribution in [0.15, 0.2) is 18.2 Å². The first-order valence-corrected chi connectivity index (χ1v) is 4.60. The van der Waals surface area contributed by atoms with Crippen molar-refractivity contribution in [2.75, 3.05) is 0 Å². The van der Waals surface area contributed by atoms with Crippen LogP contribution in [0.5, 0.6) is 5.75 Å². The number of carbonyl (C=O) groups excluding carboxylic acids is 1. The molecule has 0 aliphatic heterocycles. The lowest BCUT2D eigenvalue weighted by Gasteiger charge is -2.12. The molecule has 0 aliphatic carbocycles. The van der Waals surface area contributed by atoms with Crippen LogP contribution in [0.2, 0.25) is 5.02 Å². The maximum absolute atomic E-state index is 10.8. The van der Waals surface area contributed by atoms with Crippen LogP contribution < -0.4 is 10.5 Å². The predicted octanol–water partition coefficient (Wildman–Crippen LogP) is 1.90. The van der Waals surface area contributed by atoms with Gasteiger partial charge in [-0.2, -0.15) is 0 Å². The van der Waals surface area contributed by atoms with Crippen molar-refractivity contribution in [3.63, 3.8) is 0 Å². The van der Waals surface area contributed by atoms with Gasteiger partial charge in [0, 0.05) is 0 Å². The minimum absolute atomic E-state index is 0.476. The third kappa shape index (κ3) is 2.64. The number of carbonyl (C=O) groups is 1. The Morgan fingerprint density at radius 2 is 2.21 bits per heavy atom. The number of nitrogens with two attached hydrogens (primary N) is 1. The number of hydrogen-bond acceptors (Lipinski definition) is 2. The van der Waals surface area contributed by atoms with E-state index in [1.807, 2.05) is 13.0 Å². The molecule has 0 aromatic heterocycles. The van der Waals surface area contributed by atoms with Gasteiger partial charge < -0.3 is 10.5 Å². The van der Waals surface area contributed by atoms with Crippen molar-refractivity contribution in [2.24, 2.45) is 5.73 Å². The van der Waals surface area contributed by atoms with Crippen LogP contribution in [-0.4, -0.2) is 12.0 Å². The van der Waals surface area contributed by atoms with E-state index in [4.69, 9.17) is 22.1 Å². The summed E-state index contributed by atoms with van der Waals surface area (Å²) in [7, 11) is 0. The SMILES string of the molecule is Cc1ccc(Cl)c(OC(C)C(N)=O)c1. The first-order chi connectivity index (χ1) is 6.50. The van der Waals surface area contributed by atoms with E-state index in [9.17, 15) is 4.79 Å². The van der Waals surface area contributed by atoms with Crippen LogP contribution in [-0.2, 0) is 4.79 Å². The van der Waals surface area contributed by atoms with Crippen LogP contribution in [0.1, 0.15) is 12.5 Å². The number of amides is 1. The molecule has 1 rings (SSSR count). The van der Waals surface area contributed by atoms with E-state index in [0.717, 1.165) is 5.56 Å². The lowest BCUT2D eigenvalue weighted by Crippen LogP contribution is -2.30. The third-order valence-electron chi connectivity index (χ3n) is 1.79. The van der Waals surface area contributed by atoms with E-state index in [-0.39, 0.29) is 0 Å². The Hall–Kier alpha value is -1.22. The Labute approximate surface area is 87.8 Å². The van der Waals surface area contributed by atoms with E-state index in [1.165, 1.54) is 0 Å². The van der Waals surface area contributed by atoms with E-state index in [0.29, 0.717) is 10.8 Å². The van der Waals surface area contributed by atoms with E-state index in [2.05, 4.69) is 0 Å². The molecule has 0 fully saturated rings. The van der Waals surface area contributed by atoms with Crippen molar-refractivity contribution >= 4 is 17.5 Å². The maximum atomic E-state index is 10.8. The molecular weight excluding hydrogens is 202 g/mol. The number of primary amides is 1. The van der Waals surface area contributed by atoms with Gasteiger partial charge in [-0.1, -0.05) is 17.7 Å². The third-order valence-corrected chi connectivity index (χ3v) is 2.10. The zero-order valence-corrected chi connectivity index (χ0v) is 8.84. The first kappa shape index (κ1) is 10.9. The highest BCUT2D eigenvalue weighted by Gasteiger charge is 2.12. The molecule has 2 N–H and O–H groups in total. The van der Waals surface area contributed by atoms with Gasteiger partial charge in [0.05, 0.1) is 5.02 Å². The molecule has 1 atom stereocenters. The molecule has 1 aromatic rings. The van der Waals surface area contributed by atoms with Crippen molar-refractivity contribution in [1.82, 2.24) is 0 Å². The Kier molecular flexibility index (Phi) is 3.36. The van der Waals surface area contributed by atoms with Crippen molar-refractivity contribution < 1.29 is 9.53 Å². The summed E-state index contributed by atoms with van der Waals surface area (Å²) in [6.45, 7) is 3.50. The van der Waals surface area contributed by atoms with Gasteiger partial charge >= 0.3 is 0 Å². The average molecular weight is 214 g/mol. The molecule has 0 radical (unpaired) electrons. The van der Waals surface area contributed by atoms with Gasteiger partial charge in [-0.05, 0) is 31.5 Å². The molecule has 14 heavy (non-hydrogen) atoms. The molecule has 76 valence electrons. The smallest absolute Gasteiger partial charge is 0.258 e. The highest BCUT2D eigenvalue weighted by Crippen LogP contribution is 2.26. The highest BCUT2D eigenvalue weighted by molar-refractivity contribution is 6.32. The number of halogens is 1. The fourth-order valence-electron chi connectivity index (χ4n) is 0.949. The van der Waals surface area contributed by atoms with Crippen LogP contribution in [0.3, 0.4) is 0 Å². The number of rotatable bonds is 3. The number of ether oxygens (including phenoxy) is 1. The van der Waals surface area contributed by atoms with Gasteiger partial charge in [-0.3, -0.25) is 4.79 Å². The lowest BCUT2D eigenvalue weighted by atomic mass is 10.2. The maximum Gasteiger partial charge on any atom is 0.258 e. The van der Waals surface area contributed by atoms with Gasteiger partial charge in [0.1, 0.15) is 5.75 Å². The minimum Gasteiger partial charge on any atom is -0.479 e. The normalized spacial score (nSPS) is 12.2. The molecule has 0 saturated heterocycles. The fourth-order valence-corrected chi connectivity index (χ4v) is 1.11. The van der Waals surface area contributed by atoms with Crippen LogP contribution in [0, 0.1) is 6.92 Å². The standard InChI is InChI=1S/C10H12ClNO2/c1-6-3-4-8(11)9(5-6)14-7(2)10(12)13/h3-5,7H,1-2H3,(H2,12,13). The zero-order valence-electron chi connectivity index (χ0n) is 8.08. The summed E-state index contributed by atoms with van der Waals surface area (Å²) in [5.74, 6) is -0.0273. The van der Waals surface area contributed by atoms with Gasteiger partial charge in [0.25, 0.3) is 5.91 Å². The Morgan fingerprint density at radius 1 is 1.57 bits per heavy atom. The Balaban J connectivity index is 2.85. The Morgan fingerprint density at radius 3 is 2.79 bits per heavy atom. The fraction of sp³-hybridized carbons (Fsp3) is 0.300. The largest absolute Gasteiger partial charge is 0.479 e. The monoisotopic (exact) mass is 213 g/mol. The van der Waals surface area contributed by atoms with Crippen molar-refractivity contribution in [1.29, 1.82) is 0 Å². The predicted molar refractivity (Wildman–Crippen MR) is 55.5 cm³/mol. The molecule has 0 heterocycles. The molecule has 0 saturated carbocycles. The molecule has 0 spiro atoms. The van der Waals surface area contributed by atoms with E-state index < -0.39 is 12.0 Å². The summed E-state index contributed by atoms with van der Waals surface area (Å²) >= 11 is 5.87. The molecular formula is C10H12ClNO2. The van der Waals surface area contributed by atoms with Crippen LogP contribution in [0.4, 0.5) is 0 Å². The zero-order chi connectivity index (χ0) is 10.7. The van der Waals surface area contributed by atoms with Gasteiger partial charge in [-0.15, -0.1) is 0 Å². The summed E-state index contributed by atoms with van der Waals surface area (Å²) in [6.07, 6.45) is -0.672. The van der Waals surface area contributed by atoms with Crippen molar-refractivity contribution in [3.8, 4) is 5.75 Å². The second-order valence-corrected chi connectivity index (χ2v) is 3.50. The summed E-state index contributed by atoms with van der Waals surface area (Å²) < 4.78 is 5.28. The molecule has 1 amide bonds. The quantitative estimate of drug-likeness (QED) is 0.834.